The standard InChI is InChI=1S/C19H15F3N4O/c20-19(21,22)13-7-5-12(6-8-13)14-9-15(14)18(27)25-16-3-1-2-4-17(16)26-11-23-10-24-26/h1-8,10-11,14-15H,9H2,(H,25,27). The number of anilines is 1. The van der Waals surface area contributed by atoms with Gasteiger partial charge in [0.15, 0.2) is 0 Å². The molecular formula is C19H15F3N4O. The molecule has 1 N–H and O–H groups in total. The van der Waals surface area contributed by atoms with E-state index in [1.54, 1.807) is 16.8 Å². The molecule has 1 saturated carbocycles. The largest absolute Gasteiger partial charge is 0.416 e. The molecule has 5 nitrogen and oxygen atoms in total. The molecule has 0 saturated heterocycles. The number of amides is 1. The predicted molar refractivity (Wildman–Crippen MR) is 92.3 cm³/mol. The number of nitrogens with one attached hydrogen (secondary N) is 1. The van der Waals surface area contributed by atoms with Crippen molar-refractivity contribution < 1.29 is 18.0 Å². The van der Waals surface area contributed by atoms with Crippen molar-refractivity contribution in [1.82, 2.24) is 14.8 Å². The molecule has 1 aromatic heterocycles. The second kappa shape index (κ2) is 6.53. The number of hydrogen-bond donors (Lipinski definition) is 1. The number of nitrogens with zero attached hydrogens (tertiary/aromatic N) is 3. The van der Waals surface area contributed by atoms with E-state index in [2.05, 4.69) is 15.4 Å². The third kappa shape index (κ3) is 3.55. The number of alkyl halides is 3. The number of hydrogen-bond acceptors (Lipinski definition) is 3. The van der Waals surface area contributed by atoms with Gasteiger partial charge in [0.2, 0.25) is 5.91 Å². The molecule has 3 aromatic rings. The Labute approximate surface area is 152 Å². The Morgan fingerprint density at radius 1 is 1.11 bits per heavy atom. The van der Waals surface area contributed by atoms with Gasteiger partial charge < -0.3 is 5.32 Å². The number of carbonyl (C=O) groups is 1. The van der Waals surface area contributed by atoms with Gasteiger partial charge in [-0.2, -0.15) is 18.3 Å². The molecule has 0 spiro atoms. The maximum atomic E-state index is 12.7. The lowest BCUT2D eigenvalue weighted by molar-refractivity contribution is -0.137. The monoisotopic (exact) mass is 372 g/mol. The van der Waals surface area contributed by atoms with Crippen molar-refractivity contribution in [1.29, 1.82) is 0 Å². The van der Waals surface area contributed by atoms with Gasteiger partial charge in [0.25, 0.3) is 0 Å². The average molecular weight is 372 g/mol. The summed E-state index contributed by atoms with van der Waals surface area (Å²) in [5.41, 5.74) is 1.35. The minimum absolute atomic E-state index is 0.0641. The van der Waals surface area contributed by atoms with Crippen molar-refractivity contribution >= 4 is 11.6 Å². The summed E-state index contributed by atoms with van der Waals surface area (Å²) in [6.45, 7) is 0. The molecule has 0 radical (unpaired) electrons. The molecule has 2 aromatic carbocycles. The summed E-state index contributed by atoms with van der Waals surface area (Å²) in [4.78, 5) is 16.5. The number of para-hydroxylation sites is 2. The van der Waals surface area contributed by atoms with E-state index in [1.165, 1.54) is 24.8 Å². The Kier molecular flexibility index (Phi) is 4.18. The highest BCUT2D eigenvalue weighted by atomic mass is 19.4. The highest BCUT2D eigenvalue weighted by Crippen LogP contribution is 2.48. The SMILES string of the molecule is O=C(Nc1ccccc1-n1cncn1)C1CC1c1ccc(C(F)(F)F)cc1. The Morgan fingerprint density at radius 3 is 2.52 bits per heavy atom. The van der Waals surface area contributed by atoms with Gasteiger partial charge in [0.05, 0.1) is 16.9 Å². The van der Waals surface area contributed by atoms with Crippen LogP contribution in [0.2, 0.25) is 0 Å². The van der Waals surface area contributed by atoms with Crippen LogP contribution in [0.3, 0.4) is 0 Å². The smallest absolute Gasteiger partial charge is 0.324 e. The zero-order valence-electron chi connectivity index (χ0n) is 14.0. The zero-order chi connectivity index (χ0) is 19.0. The molecule has 1 fully saturated rings. The molecule has 138 valence electrons. The Morgan fingerprint density at radius 2 is 1.85 bits per heavy atom. The molecule has 2 atom stereocenters. The van der Waals surface area contributed by atoms with Crippen LogP contribution in [-0.4, -0.2) is 20.7 Å². The summed E-state index contributed by atoms with van der Waals surface area (Å²) in [6, 6.07) is 12.2. The summed E-state index contributed by atoms with van der Waals surface area (Å²) < 4.78 is 39.5. The summed E-state index contributed by atoms with van der Waals surface area (Å²) in [6.07, 6.45) is -0.806. The first-order chi connectivity index (χ1) is 12.9. The van der Waals surface area contributed by atoms with E-state index in [4.69, 9.17) is 0 Å². The fourth-order valence-corrected chi connectivity index (χ4v) is 3.11. The van der Waals surface area contributed by atoms with Crippen LogP contribution in [0.1, 0.15) is 23.5 Å². The molecule has 1 aliphatic rings. The van der Waals surface area contributed by atoms with Gasteiger partial charge in [-0.15, -0.1) is 0 Å². The van der Waals surface area contributed by atoms with Gasteiger partial charge in [-0.05, 0) is 42.2 Å². The van der Waals surface area contributed by atoms with Gasteiger partial charge in [-0.25, -0.2) is 9.67 Å². The Hall–Kier alpha value is -3.16. The van der Waals surface area contributed by atoms with Crippen LogP contribution in [0.15, 0.2) is 61.2 Å². The molecule has 1 aliphatic carbocycles. The summed E-state index contributed by atoms with van der Waals surface area (Å²) in [7, 11) is 0. The van der Waals surface area contributed by atoms with Crippen molar-refractivity contribution in [3.63, 3.8) is 0 Å². The van der Waals surface area contributed by atoms with E-state index < -0.39 is 11.7 Å². The second-order valence-corrected chi connectivity index (χ2v) is 6.41. The molecule has 0 bridgehead atoms. The highest BCUT2D eigenvalue weighted by Gasteiger charge is 2.44. The van der Waals surface area contributed by atoms with Crippen LogP contribution in [-0.2, 0) is 11.0 Å². The van der Waals surface area contributed by atoms with Crippen LogP contribution >= 0.6 is 0 Å². The number of benzene rings is 2. The molecule has 1 heterocycles. The van der Waals surface area contributed by atoms with Crippen LogP contribution in [0.4, 0.5) is 18.9 Å². The minimum atomic E-state index is -4.36. The lowest BCUT2D eigenvalue weighted by Gasteiger charge is -2.11. The minimum Gasteiger partial charge on any atom is -0.324 e. The first kappa shape index (κ1) is 17.3. The number of aromatic nitrogens is 3. The summed E-state index contributed by atoms with van der Waals surface area (Å²) in [5, 5.41) is 6.96. The van der Waals surface area contributed by atoms with Crippen LogP contribution in [0.5, 0.6) is 0 Å². The molecule has 8 heteroatoms. The van der Waals surface area contributed by atoms with E-state index in [0.717, 1.165) is 17.7 Å². The van der Waals surface area contributed by atoms with Crippen molar-refractivity contribution in [2.45, 2.75) is 18.5 Å². The van der Waals surface area contributed by atoms with E-state index in [0.29, 0.717) is 17.8 Å². The fourth-order valence-electron chi connectivity index (χ4n) is 3.11. The maximum Gasteiger partial charge on any atom is 0.416 e. The molecular weight excluding hydrogens is 357 g/mol. The third-order valence-electron chi connectivity index (χ3n) is 4.62. The quantitative estimate of drug-likeness (QED) is 0.752. The van der Waals surface area contributed by atoms with E-state index in [1.807, 2.05) is 12.1 Å². The van der Waals surface area contributed by atoms with Gasteiger partial charge in [0.1, 0.15) is 12.7 Å². The van der Waals surface area contributed by atoms with Crippen molar-refractivity contribution in [3.8, 4) is 5.69 Å². The van der Waals surface area contributed by atoms with E-state index in [-0.39, 0.29) is 17.7 Å². The molecule has 2 unspecified atom stereocenters. The predicted octanol–water partition coefficient (Wildman–Crippen LogP) is 4.03. The highest BCUT2D eigenvalue weighted by molar-refractivity contribution is 5.96. The zero-order valence-corrected chi connectivity index (χ0v) is 14.0. The van der Waals surface area contributed by atoms with Gasteiger partial charge in [-0.1, -0.05) is 24.3 Å². The molecule has 1 amide bonds. The van der Waals surface area contributed by atoms with Gasteiger partial charge in [-0.3, -0.25) is 4.79 Å². The lowest BCUT2D eigenvalue weighted by atomic mass is 10.1. The molecule has 4 rings (SSSR count). The Balaban J connectivity index is 1.46. The Bertz CT molecular complexity index is 952. The summed E-state index contributed by atoms with van der Waals surface area (Å²) in [5.74, 6) is -0.483. The normalized spacial score (nSPS) is 18.9. The number of halogens is 3. The average Bonchev–Trinajstić information content (AvgIpc) is 3.27. The number of rotatable bonds is 4. The third-order valence-corrected chi connectivity index (χ3v) is 4.62. The fraction of sp³-hybridized carbons (Fsp3) is 0.211. The van der Waals surface area contributed by atoms with E-state index in [9.17, 15) is 18.0 Å². The van der Waals surface area contributed by atoms with Crippen LogP contribution in [0, 0.1) is 5.92 Å². The van der Waals surface area contributed by atoms with Gasteiger partial charge in [0, 0.05) is 5.92 Å². The van der Waals surface area contributed by atoms with E-state index >= 15 is 0 Å². The molecule has 27 heavy (non-hydrogen) atoms. The second-order valence-electron chi connectivity index (χ2n) is 6.41. The lowest BCUT2D eigenvalue weighted by Crippen LogP contribution is -2.16. The molecule has 0 aliphatic heterocycles. The first-order valence-corrected chi connectivity index (χ1v) is 8.35. The summed E-state index contributed by atoms with van der Waals surface area (Å²) >= 11 is 0. The van der Waals surface area contributed by atoms with Crippen molar-refractivity contribution in [2.24, 2.45) is 5.92 Å². The maximum absolute atomic E-state index is 12.7. The van der Waals surface area contributed by atoms with Crippen molar-refractivity contribution in [3.05, 3.63) is 72.3 Å². The van der Waals surface area contributed by atoms with Crippen molar-refractivity contribution in [2.75, 3.05) is 5.32 Å². The topological polar surface area (TPSA) is 59.8 Å². The number of carbonyl (C=O) groups excluding carboxylic acids is 1. The first-order valence-electron chi connectivity index (χ1n) is 8.35. The van der Waals surface area contributed by atoms with Crippen LogP contribution in [0.25, 0.3) is 5.69 Å². The van der Waals surface area contributed by atoms with Crippen LogP contribution < -0.4 is 5.32 Å². The van der Waals surface area contributed by atoms with Gasteiger partial charge >= 0.3 is 6.18 Å².